The zero-order valence-corrected chi connectivity index (χ0v) is 10.7. The maximum atomic E-state index is 12.2. The number of pyridine rings is 1. The fourth-order valence-electron chi connectivity index (χ4n) is 2.05. The molecule has 0 saturated heterocycles. The van der Waals surface area contributed by atoms with Crippen LogP contribution in [0.1, 0.15) is 23.7 Å². The van der Waals surface area contributed by atoms with Crippen LogP contribution in [0.25, 0.3) is 11.3 Å². The number of rotatable bonds is 4. The summed E-state index contributed by atoms with van der Waals surface area (Å²) in [5, 5.41) is 9.01. The van der Waals surface area contributed by atoms with Gasteiger partial charge in [0.05, 0.1) is 5.69 Å². The number of aromatic carboxylic acids is 1. The monoisotopic (exact) mass is 257 g/mol. The maximum absolute atomic E-state index is 12.2. The first-order chi connectivity index (χ1) is 9.15. The van der Waals surface area contributed by atoms with E-state index in [1.165, 1.54) is 10.6 Å². The molecule has 98 valence electrons. The van der Waals surface area contributed by atoms with Crippen molar-refractivity contribution in [2.45, 2.75) is 19.9 Å². The highest BCUT2D eigenvalue weighted by Gasteiger charge is 2.14. The minimum atomic E-state index is -1.19. The van der Waals surface area contributed by atoms with Gasteiger partial charge in [0.15, 0.2) is 0 Å². The third kappa shape index (κ3) is 2.57. The molecule has 0 fully saturated rings. The van der Waals surface area contributed by atoms with Crippen molar-refractivity contribution in [3.05, 3.63) is 58.4 Å². The summed E-state index contributed by atoms with van der Waals surface area (Å²) < 4.78 is 1.53. The number of hydrogen-bond donors (Lipinski definition) is 1. The number of aromatic nitrogens is 1. The Bertz CT molecular complexity index is 644. The van der Waals surface area contributed by atoms with Crippen molar-refractivity contribution in [3.8, 4) is 11.3 Å². The Kier molecular flexibility index (Phi) is 3.80. The van der Waals surface area contributed by atoms with Crippen molar-refractivity contribution >= 4 is 5.97 Å². The van der Waals surface area contributed by atoms with E-state index >= 15 is 0 Å². The topological polar surface area (TPSA) is 59.3 Å². The minimum Gasteiger partial charge on any atom is -0.477 e. The highest BCUT2D eigenvalue weighted by atomic mass is 16.4. The van der Waals surface area contributed by atoms with Gasteiger partial charge in [-0.15, -0.1) is 0 Å². The molecule has 2 rings (SSSR count). The molecular formula is C15H15NO3. The summed E-state index contributed by atoms with van der Waals surface area (Å²) in [4.78, 5) is 23.2. The molecule has 1 aromatic carbocycles. The Labute approximate surface area is 110 Å². The summed E-state index contributed by atoms with van der Waals surface area (Å²) in [6.45, 7) is 2.46. The number of nitrogens with zero attached hydrogens (tertiary/aromatic N) is 1. The Balaban J connectivity index is 2.66. The van der Waals surface area contributed by atoms with Gasteiger partial charge in [0.25, 0.3) is 5.56 Å². The Morgan fingerprint density at radius 2 is 1.84 bits per heavy atom. The number of carboxylic acid groups (broad SMARTS) is 1. The van der Waals surface area contributed by atoms with Crippen molar-refractivity contribution in [2.75, 3.05) is 0 Å². The van der Waals surface area contributed by atoms with Crippen LogP contribution in [-0.2, 0) is 6.54 Å². The molecule has 0 unspecified atom stereocenters. The minimum absolute atomic E-state index is 0.187. The molecule has 1 N–H and O–H groups in total. The summed E-state index contributed by atoms with van der Waals surface area (Å²) in [7, 11) is 0. The lowest BCUT2D eigenvalue weighted by Crippen LogP contribution is -2.27. The van der Waals surface area contributed by atoms with Crippen LogP contribution in [0.3, 0.4) is 0 Å². The maximum Gasteiger partial charge on any atom is 0.341 e. The van der Waals surface area contributed by atoms with Gasteiger partial charge in [-0.25, -0.2) is 4.79 Å². The summed E-state index contributed by atoms with van der Waals surface area (Å²) in [6.07, 6.45) is 0.767. The zero-order chi connectivity index (χ0) is 13.8. The fourth-order valence-corrected chi connectivity index (χ4v) is 2.05. The van der Waals surface area contributed by atoms with Crippen LogP contribution in [0.2, 0.25) is 0 Å². The highest BCUT2D eigenvalue weighted by molar-refractivity contribution is 5.87. The van der Waals surface area contributed by atoms with Crippen molar-refractivity contribution in [3.63, 3.8) is 0 Å². The molecule has 1 heterocycles. The van der Waals surface area contributed by atoms with E-state index in [1.807, 2.05) is 37.3 Å². The Morgan fingerprint density at radius 1 is 1.16 bits per heavy atom. The number of carboxylic acids is 1. The second-order valence-corrected chi connectivity index (χ2v) is 4.26. The van der Waals surface area contributed by atoms with Gasteiger partial charge in [-0.2, -0.15) is 0 Å². The van der Waals surface area contributed by atoms with Crippen molar-refractivity contribution in [1.29, 1.82) is 0 Å². The van der Waals surface area contributed by atoms with Crippen LogP contribution in [0.15, 0.2) is 47.3 Å². The summed E-state index contributed by atoms with van der Waals surface area (Å²) >= 11 is 0. The molecule has 19 heavy (non-hydrogen) atoms. The zero-order valence-electron chi connectivity index (χ0n) is 10.7. The second-order valence-electron chi connectivity index (χ2n) is 4.26. The lowest BCUT2D eigenvalue weighted by Gasteiger charge is -2.13. The van der Waals surface area contributed by atoms with Gasteiger partial charge in [0.2, 0.25) is 0 Å². The lowest BCUT2D eigenvalue weighted by atomic mass is 10.1. The predicted octanol–water partition coefficient (Wildman–Crippen LogP) is 2.62. The molecule has 2 aromatic rings. The average molecular weight is 257 g/mol. The largest absolute Gasteiger partial charge is 0.477 e. The standard InChI is InChI=1S/C15H15NO3/c1-2-10-16-13(11-6-4-3-5-7-11)9-8-12(14(16)17)15(18)19/h3-9H,2,10H2,1H3,(H,18,19). The summed E-state index contributed by atoms with van der Waals surface area (Å²) in [6, 6.07) is 12.6. The van der Waals surface area contributed by atoms with Gasteiger partial charge in [0, 0.05) is 6.54 Å². The van der Waals surface area contributed by atoms with E-state index in [9.17, 15) is 9.59 Å². The highest BCUT2D eigenvalue weighted by Crippen LogP contribution is 2.18. The van der Waals surface area contributed by atoms with Gasteiger partial charge in [-0.1, -0.05) is 37.3 Å². The first-order valence-corrected chi connectivity index (χ1v) is 6.17. The summed E-state index contributed by atoms with van der Waals surface area (Å²) in [5.41, 5.74) is 1.02. The molecule has 0 aliphatic rings. The van der Waals surface area contributed by atoms with Crippen molar-refractivity contribution < 1.29 is 9.90 Å². The molecule has 0 radical (unpaired) electrons. The number of carbonyl (C=O) groups is 1. The van der Waals surface area contributed by atoms with Crippen LogP contribution < -0.4 is 5.56 Å². The molecule has 0 aliphatic carbocycles. The van der Waals surface area contributed by atoms with Gasteiger partial charge >= 0.3 is 5.97 Å². The molecule has 4 nitrogen and oxygen atoms in total. The number of hydrogen-bond acceptors (Lipinski definition) is 2. The third-order valence-electron chi connectivity index (χ3n) is 2.92. The Hall–Kier alpha value is -2.36. The fraction of sp³-hybridized carbons (Fsp3) is 0.200. The molecule has 0 spiro atoms. The molecule has 1 aromatic heterocycles. The van der Waals surface area contributed by atoms with Crippen LogP contribution in [0.4, 0.5) is 0 Å². The molecule has 4 heteroatoms. The first kappa shape index (κ1) is 13.1. The van der Waals surface area contributed by atoms with Gasteiger partial charge < -0.3 is 9.67 Å². The summed E-state index contributed by atoms with van der Waals surface area (Å²) in [5.74, 6) is -1.19. The lowest BCUT2D eigenvalue weighted by molar-refractivity contribution is 0.0694. The van der Waals surface area contributed by atoms with E-state index in [0.717, 1.165) is 17.7 Å². The first-order valence-electron chi connectivity index (χ1n) is 6.17. The van der Waals surface area contributed by atoms with Crippen molar-refractivity contribution in [1.82, 2.24) is 4.57 Å². The second kappa shape index (κ2) is 5.52. The van der Waals surface area contributed by atoms with Crippen LogP contribution in [0.5, 0.6) is 0 Å². The predicted molar refractivity (Wildman–Crippen MR) is 73.4 cm³/mol. The molecule has 0 aliphatic heterocycles. The average Bonchev–Trinajstić information content (AvgIpc) is 2.41. The van der Waals surface area contributed by atoms with E-state index in [-0.39, 0.29) is 5.56 Å². The van der Waals surface area contributed by atoms with Gasteiger partial charge in [-0.3, -0.25) is 4.79 Å². The third-order valence-corrected chi connectivity index (χ3v) is 2.92. The van der Waals surface area contributed by atoms with E-state index in [2.05, 4.69) is 0 Å². The smallest absolute Gasteiger partial charge is 0.341 e. The molecular weight excluding hydrogens is 242 g/mol. The van der Waals surface area contributed by atoms with Gasteiger partial charge in [-0.05, 0) is 24.1 Å². The van der Waals surface area contributed by atoms with Crippen LogP contribution in [0, 0.1) is 0 Å². The van der Waals surface area contributed by atoms with E-state index in [0.29, 0.717) is 6.54 Å². The molecule has 0 bridgehead atoms. The van der Waals surface area contributed by atoms with E-state index in [4.69, 9.17) is 5.11 Å². The number of benzene rings is 1. The van der Waals surface area contributed by atoms with E-state index < -0.39 is 11.5 Å². The normalized spacial score (nSPS) is 10.4. The van der Waals surface area contributed by atoms with Crippen LogP contribution in [-0.4, -0.2) is 15.6 Å². The molecule has 0 saturated carbocycles. The Morgan fingerprint density at radius 3 is 2.42 bits per heavy atom. The quantitative estimate of drug-likeness (QED) is 0.915. The van der Waals surface area contributed by atoms with E-state index in [1.54, 1.807) is 6.07 Å². The molecule has 0 amide bonds. The molecule has 0 atom stereocenters. The van der Waals surface area contributed by atoms with Crippen molar-refractivity contribution in [2.24, 2.45) is 0 Å². The van der Waals surface area contributed by atoms with Gasteiger partial charge in [0.1, 0.15) is 5.56 Å². The van der Waals surface area contributed by atoms with Crippen LogP contribution >= 0.6 is 0 Å². The SMILES string of the molecule is CCCn1c(-c2ccccc2)ccc(C(=O)O)c1=O.